The molecule has 0 aliphatic heterocycles. The summed E-state index contributed by atoms with van der Waals surface area (Å²) >= 11 is 0. The zero-order chi connectivity index (χ0) is 10.6. The molecule has 3 heteroatoms. The minimum atomic E-state index is -0.437. The highest BCUT2D eigenvalue weighted by molar-refractivity contribution is 5.90. The van der Waals surface area contributed by atoms with Gasteiger partial charge in [-0.3, -0.25) is 4.89 Å². The molecule has 0 atom stereocenters. The lowest BCUT2D eigenvalue weighted by molar-refractivity contribution is -0.236. The third-order valence-electron chi connectivity index (χ3n) is 1.87. The highest BCUT2D eigenvalue weighted by Gasteiger charge is 2.11. The summed E-state index contributed by atoms with van der Waals surface area (Å²) in [5.41, 5.74) is 2.47. The number of carbonyl (C=O) groups is 1. The van der Waals surface area contributed by atoms with Gasteiger partial charge in [0.2, 0.25) is 0 Å². The van der Waals surface area contributed by atoms with E-state index in [1.165, 1.54) is 0 Å². The normalized spacial score (nSPS) is 9.93. The molecule has 0 aromatic heterocycles. The fourth-order valence-electron chi connectivity index (χ4n) is 1.11. The molecule has 0 amide bonds. The van der Waals surface area contributed by atoms with Crippen molar-refractivity contribution >= 4 is 5.97 Å². The number of rotatable bonds is 3. The Morgan fingerprint density at radius 2 is 2.07 bits per heavy atom. The third-order valence-corrected chi connectivity index (χ3v) is 1.87. The van der Waals surface area contributed by atoms with Gasteiger partial charge in [-0.2, -0.15) is 4.89 Å². The summed E-state index contributed by atoms with van der Waals surface area (Å²) in [5.74, 6) is -0.437. The van der Waals surface area contributed by atoms with Crippen LogP contribution in [0.3, 0.4) is 0 Å². The van der Waals surface area contributed by atoms with Crippen LogP contribution in [-0.4, -0.2) is 12.6 Å². The Morgan fingerprint density at radius 3 is 2.71 bits per heavy atom. The van der Waals surface area contributed by atoms with Crippen molar-refractivity contribution in [2.24, 2.45) is 0 Å². The monoisotopic (exact) mass is 194 g/mol. The number of benzene rings is 1. The number of aryl methyl sites for hydroxylation is 2. The Kier molecular flexibility index (Phi) is 3.65. The quantitative estimate of drug-likeness (QED) is 0.547. The first-order valence-corrected chi connectivity index (χ1v) is 4.56. The van der Waals surface area contributed by atoms with Crippen molar-refractivity contribution in [3.05, 3.63) is 34.9 Å². The molecule has 0 bridgehead atoms. The molecule has 1 aromatic carbocycles. The van der Waals surface area contributed by atoms with Crippen LogP contribution < -0.4 is 0 Å². The van der Waals surface area contributed by atoms with Crippen molar-refractivity contribution in [2.45, 2.75) is 20.8 Å². The van der Waals surface area contributed by atoms with E-state index in [1.807, 2.05) is 26.0 Å². The van der Waals surface area contributed by atoms with Gasteiger partial charge in [0, 0.05) is 0 Å². The average molecular weight is 194 g/mol. The van der Waals surface area contributed by atoms with Gasteiger partial charge in [0.15, 0.2) is 0 Å². The molecule has 0 saturated heterocycles. The van der Waals surface area contributed by atoms with Gasteiger partial charge in [0.25, 0.3) is 0 Å². The molecule has 0 N–H and O–H groups in total. The van der Waals surface area contributed by atoms with Crippen molar-refractivity contribution in [3.63, 3.8) is 0 Å². The van der Waals surface area contributed by atoms with E-state index in [4.69, 9.17) is 0 Å². The lowest BCUT2D eigenvalue weighted by Crippen LogP contribution is -2.07. The first-order valence-electron chi connectivity index (χ1n) is 4.56. The van der Waals surface area contributed by atoms with Gasteiger partial charge < -0.3 is 0 Å². The second-order valence-corrected chi connectivity index (χ2v) is 3.10. The number of carbonyl (C=O) groups excluding carboxylic acids is 1. The number of hydrogen-bond acceptors (Lipinski definition) is 3. The zero-order valence-corrected chi connectivity index (χ0v) is 8.66. The summed E-state index contributed by atoms with van der Waals surface area (Å²) in [7, 11) is 0. The Morgan fingerprint density at radius 1 is 1.36 bits per heavy atom. The van der Waals surface area contributed by atoms with E-state index in [1.54, 1.807) is 13.0 Å². The van der Waals surface area contributed by atoms with Crippen LogP contribution in [0.5, 0.6) is 0 Å². The van der Waals surface area contributed by atoms with E-state index >= 15 is 0 Å². The van der Waals surface area contributed by atoms with Gasteiger partial charge in [-0.25, -0.2) is 4.79 Å². The first kappa shape index (κ1) is 10.7. The van der Waals surface area contributed by atoms with Crippen LogP contribution in [0, 0.1) is 13.8 Å². The van der Waals surface area contributed by atoms with Crippen LogP contribution >= 0.6 is 0 Å². The van der Waals surface area contributed by atoms with Crippen LogP contribution in [0.4, 0.5) is 0 Å². The highest BCUT2D eigenvalue weighted by atomic mass is 17.2. The molecular formula is C11H14O3. The van der Waals surface area contributed by atoms with Gasteiger partial charge >= 0.3 is 5.97 Å². The van der Waals surface area contributed by atoms with E-state index in [-0.39, 0.29) is 0 Å². The molecular weight excluding hydrogens is 180 g/mol. The van der Waals surface area contributed by atoms with Gasteiger partial charge in [-0.1, -0.05) is 17.7 Å². The highest BCUT2D eigenvalue weighted by Crippen LogP contribution is 2.11. The van der Waals surface area contributed by atoms with E-state index in [0.717, 1.165) is 11.1 Å². The Balaban J connectivity index is 2.83. The fraction of sp³-hybridized carbons (Fsp3) is 0.364. The Hall–Kier alpha value is -1.35. The maximum atomic E-state index is 11.4. The molecule has 0 unspecified atom stereocenters. The summed E-state index contributed by atoms with van der Waals surface area (Å²) < 4.78 is 0. The number of hydrogen-bond donors (Lipinski definition) is 0. The molecule has 0 radical (unpaired) electrons. The Bertz CT molecular complexity index is 331. The average Bonchev–Trinajstić information content (AvgIpc) is 2.18. The molecule has 0 spiro atoms. The topological polar surface area (TPSA) is 35.5 Å². The molecule has 0 saturated carbocycles. The predicted octanol–water partition coefficient (Wildman–Crippen LogP) is 2.41. The van der Waals surface area contributed by atoms with E-state index in [0.29, 0.717) is 12.2 Å². The summed E-state index contributed by atoms with van der Waals surface area (Å²) in [4.78, 5) is 20.6. The standard InChI is InChI=1S/C11H14O3/c1-4-13-14-11(12)10-7-8(2)5-6-9(10)3/h5-7H,4H2,1-3H3. The maximum absolute atomic E-state index is 11.4. The van der Waals surface area contributed by atoms with Crippen molar-refractivity contribution in [1.29, 1.82) is 0 Å². The summed E-state index contributed by atoms with van der Waals surface area (Å²) in [5, 5.41) is 0. The molecule has 0 fully saturated rings. The second-order valence-electron chi connectivity index (χ2n) is 3.10. The molecule has 14 heavy (non-hydrogen) atoms. The lowest BCUT2D eigenvalue weighted by Gasteiger charge is -2.05. The van der Waals surface area contributed by atoms with E-state index in [9.17, 15) is 4.79 Å². The molecule has 0 heterocycles. The molecule has 1 rings (SSSR count). The fourth-order valence-corrected chi connectivity index (χ4v) is 1.11. The molecule has 3 nitrogen and oxygen atoms in total. The third kappa shape index (κ3) is 2.57. The van der Waals surface area contributed by atoms with E-state index in [2.05, 4.69) is 9.78 Å². The summed E-state index contributed by atoms with van der Waals surface area (Å²) in [6.07, 6.45) is 0. The van der Waals surface area contributed by atoms with Crippen LogP contribution in [0.2, 0.25) is 0 Å². The molecule has 1 aromatic rings. The summed E-state index contributed by atoms with van der Waals surface area (Å²) in [6.45, 7) is 5.91. The SMILES string of the molecule is CCOOC(=O)c1cc(C)ccc1C. The van der Waals surface area contributed by atoms with Crippen LogP contribution in [-0.2, 0) is 9.78 Å². The van der Waals surface area contributed by atoms with Gasteiger partial charge in [-0.05, 0) is 32.4 Å². The van der Waals surface area contributed by atoms with Gasteiger partial charge in [0.1, 0.15) is 0 Å². The summed E-state index contributed by atoms with van der Waals surface area (Å²) in [6, 6.07) is 5.63. The van der Waals surface area contributed by atoms with Crippen LogP contribution in [0.1, 0.15) is 28.4 Å². The largest absolute Gasteiger partial charge is 0.373 e. The minimum absolute atomic E-state index is 0.358. The molecule has 0 aliphatic rings. The maximum Gasteiger partial charge on any atom is 0.373 e. The smallest absolute Gasteiger partial charge is 0.293 e. The van der Waals surface area contributed by atoms with Crippen molar-refractivity contribution < 1.29 is 14.6 Å². The first-order chi connectivity index (χ1) is 6.65. The van der Waals surface area contributed by atoms with Crippen LogP contribution in [0.15, 0.2) is 18.2 Å². The van der Waals surface area contributed by atoms with Crippen LogP contribution in [0.25, 0.3) is 0 Å². The molecule has 0 aliphatic carbocycles. The van der Waals surface area contributed by atoms with Crippen molar-refractivity contribution in [3.8, 4) is 0 Å². The zero-order valence-electron chi connectivity index (χ0n) is 8.66. The van der Waals surface area contributed by atoms with Gasteiger partial charge in [-0.15, -0.1) is 0 Å². The Labute approximate surface area is 83.6 Å². The predicted molar refractivity (Wildman–Crippen MR) is 53.0 cm³/mol. The molecule has 76 valence electrons. The van der Waals surface area contributed by atoms with Crippen molar-refractivity contribution in [1.82, 2.24) is 0 Å². The van der Waals surface area contributed by atoms with Gasteiger partial charge in [0.05, 0.1) is 12.2 Å². The van der Waals surface area contributed by atoms with Crippen molar-refractivity contribution in [2.75, 3.05) is 6.61 Å². The van der Waals surface area contributed by atoms with E-state index < -0.39 is 5.97 Å². The lowest BCUT2D eigenvalue weighted by atomic mass is 10.1. The minimum Gasteiger partial charge on any atom is -0.293 e. The second kappa shape index (κ2) is 4.77.